The number of rotatable bonds is 4. The van der Waals surface area contributed by atoms with Crippen molar-refractivity contribution in [2.45, 2.75) is 47.1 Å². The van der Waals surface area contributed by atoms with E-state index in [4.69, 9.17) is 4.42 Å². The minimum absolute atomic E-state index is 0.0689. The summed E-state index contributed by atoms with van der Waals surface area (Å²) in [5, 5.41) is 3.02. The van der Waals surface area contributed by atoms with Crippen LogP contribution in [0.3, 0.4) is 0 Å². The van der Waals surface area contributed by atoms with Crippen molar-refractivity contribution in [3.63, 3.8) is 0 Å². The number of aryl methyl sites for hydroxylation is 1. The molecule has 2 aromatic rings. The van der Waals surface area contributed by atoms with Crippen molar-refractivity contribution in [3.8, 4) is 0 Å². The molecule has 1 aliphatic carbocycles. The zero-order chi connectivity index (χ0) is 21.5. The van der Waals surface area contributed by atoms with E-state index in [1.54, 1.807) is 0 Å². The molecule has 6 heteroatoms. The summed E-state index contributed by atoms with van der Waals surface area (Å²) >= 11 is 2.00. The number of furan rings is 1. The van der Waals surface area contributed by atoms with Gasteiger partial charge in [-0.1, -0.05) is 26.0 Å². The summed E-state index contributed by atoms with van der Waals surface area (Å²) in [6.45, 7) is 11.0. The Morgan fingerprint density at radius 2 is 1.93 bits per heavy atom. The monoisotopic (exact) mass is 426 g/mol. The molecule has 30 heavy (non-hydrogen) atoms. The van der Waals surface area contributed by atoms with Gasteiger partial charge in [0.2, 0.25) is 0 Å². The van der Waals surface area contributed by atoms with Crippen molar-refractivity contribution < 1.29 is 14.0 Å². The second-order valence-corrected chi connectivity index (χ2v) is 10.5. The van der Waals surface area contributed by atoms with E-state index in [9.17, 15) is 9.59 Å². The van der Waals surface area contributed by atoms with Crippen LogP contribution in [0.1, 0.15) is 63.6 Å². The van der Waals surface area contributed by atoms with Gasteiger partial charge in [-0.05, 0) is 36.5 Å². The normalized spacial score (nSPS) is 18.9. The molecular weight excluding hydrogens is 396 g/mol. The number of carbonyl (C=O) groups excluding carboxylic acids is 2. The molecule has 5 nitrogen and oxygen atoms in total. The summed E-state index contributed by atoms with van der Waals surface area (Å²) in [6, 6.07) is 6.24. The molecule has 0 spiro atoms. The Labute approximate surface area is 182 Å². The van der Waals surface area contributed by atoms with Crippen molar-refractivity contribution in [1.29, 1.82) is 0 Å². The predicted octanol–water partition coefficient (Wildman–Crippen LogP) is 4.85. The van der Waals surface area contributed by atoms with Gasteiger partial charge < -0.3 is 9.73 Å². The molecule has 0 atom stereocenters. The standard InChI is InChI=1S/C24H30N2O3S/c1-15-5-6-17(14-26-7-9-30-10-8-26)11-18(15)25-23(28)22-16(2)21-19(27)12-24(3,4)13-20(21)29-22/h5-6,11H,7-10,12-14H2,1-4H3,(H,25,28). The van der Waals surface area contributed by atoms with Crippen molar-refractivity contribution in [3.05, 3.63) is 52.0 Å². The summed E-state index contributed by atoms with van der Waals surface area (Å²) in [5.74, 6) is 3.03. The van der Waals surface area contributed by atoms with E-state index >= 15 is 0 Å². The van der Waals surface area contributed by atoms with E-state index < -0.39 is 0 Å². The minimum Gasteiger partial charge on any atom is -0.455 e. The van der Waals surface area contributed by atoms with Crippen molar-refractivity contribution in [2.24, 2.45) is 5.41 Å². The highest BCUT2D eigenvalue weighted by Crippen LogP contribution is 2.38. The lowest BCUT2D eigenvalue weighted by atomic mass is 9.76. The molecule has 1 aromatic heterocycles. The first kappa shape index (κ1) is 21.2. The number of amides is 1. The third kappa shape index (κ3) is 4.35. The largest absolute Gasteiger partial charge is 0.455 e. The van der Waals surface area contributed by atoms with Gasteiger partial charge in [0.05, 0.1) is 5.56 Å². The lowest BCUT2D eigenvalue weighted by Crippen LogP contribution is -2.32. The highest BCUT2D eigenvalue weighted by molar-refractivity contribution is 7.99. The van der Waals surface area contributed by atoms with Gasteiger partial charge in [-0.3, -0.25) is 14.5 Å². The van der Waals surface area contributed by atoms with Gasteiger partial charge in [0, 0.05) is 55.2 Å². The first-order chi connectivity index (χ1) is 14.2. The minimum atomic E-state index is -0.290. The van der Waals surface area contributed by atoms with Crippen molar-refractivity contribution in [1.82, 2.24) is 4.90 Å². The number of fused-ring (bicyclic) bond motifs is 1. The number of hydrogen-bond donors (Lipinski definition) is 1. The number of benzene rings is 1. The first-order valence-electron chi connectivity index (χ1n) is 10.6. The molecule has 1 N–H and O–H groups in total. The van der Waals surface area contributed by atoms with Gasteiger partial charge in [0.15, 0.2) is 11.5 Å². The van der Waals surface area contributed by atoms with E-state index in [2.05, 4.69) is 42.3 Å². The van der Waals surface area contributed by atoms with E-state index in [0.717, 1.165) is 30.9 Å². The highest BCUT2D eigenvalue weighted by atomic mass is 32.2. The van der Waals surface area contributed by atoms with Crippen LogP contribution in [0.25, 0.3) is 0 Å². The van der Waals surface area contributed by atoms with E-state index in [1.165, 1.54) is 17.1 Å². The van der Waals surface area contributed by atoms with Crippen LogP contribution in [0.2, 0.25) is 0 Å². The molecule has 1 aromatic carbocycles. The molecule has 1 aliphatic heterocycles. The Morgan fingerprint density at radius 3 is 2.67 bits per heavy atom. The Bertz CT molecular complexity index is 987. The van der Waals surface area contributed by atoms with Crippen LogP contribution in [0.15, 0.2) is 22.6 Å². The Morgan fingerprint density at radius 1 is 1.20 bits per heavy atom. The van der Waals surface area contributed by atoms with E-state index in [1.807, 2.05) is 25.6 Å². The van der Waals surface area contributed by atoms with Crippen LogP contribution >= 0.6 is 11.8 Å². The number of carbonyl (C=O) groups is 2. The number of Topliss-reactive ketones (excluding diaryl/α,β-unsaturated/α-hetero) is 1. The molecule has 0 bridgehead atoms. The van der Waals surface area contributed by atoms with Gasteiger partial charge >= 0.3 is 0 Å². The number of anilines is 1. The van der Waals surface area contributed by atoms with Crippen LogP contribution in [0.5, 0.6) is 0 Å². The predicted molar refractivity (Wildman–Crippen MR) is 122 cm³/mol. The van der Waals surface area contributed by atoms with Crippen molar-refractivity contribution in [2.75, 3.05) is 29.9 Å². The molecule has 1 saturated heterocycles. The molecule has 0 saturated carbocycles. The fraction of sp³-hybridized carbons (Fsp3) is 0.500. The molecule has 0 unspecified atom stereocenters. The van der Waals surface area contributed by atoms with E-state index in [-0.39, 0.29) is 22.9 Å². The number of hydrogen-bond acceptors (Lipinski definition) is 5. The number of nitrogens with zero attached hydrogens (tertiary/aromatic N) is 1. The molecule has 2 aliphatic rings. The topological polar surface area (TPSA) is 62.6 Å². The molecule has 1 fully saturated rings. The number of nitrogens with one attached hydrogen (secondary N) is 1. The van der Waals surface area contributed by atoms with Crippen LogP contribution in [0.4, 0.5) is 5.69 Å². The summed E-state index contributed by atoms with van der Waals surface area (Å²) in [6.07, 6.45) is 1.16. The Kier molecular flexibility index (Phi) is 5.82. The lowest BCUT2D eigenvalue weighted by molar-refractivity contribution is 0.0898. The molecule has 2 heterocycles. The quantitative estimate of drug-likeness (QED) is 0.757. The average molecular weight is 427 g/mol. The molecule has 160 valence electrons. The molecule has 1 amide bonds. The molecular formula is C24H30N2O3S. The van der Waals surface area contributed by atoms with Gasteiger partial charge in [-0.25, -0.2) is 0 Å². The van der Waals surface area contributed by atoms with Crippen molar-refractivity contribution >= 4 is 29.1 Å². The van der Waals surface area contributed by atoms with Gasteiger partial charge in [-0.2, -0.15) is 11.8 Å². The summed E-state index contributed by atoms with van der Waals surface area (Å²) < 4.78 is 5.93. The average Bonchev–Trinajstić information content (AvgIpc) is 3.00. The lowest BCUT2D eigenvalue weighted by Gasteiger charge is -2.27. The SMILES string of the molecule is Cc1ccc(CN2CCSCC2)cc1NC(=O)c1oc2c(c1C)C(=O)CC(C)(C)C2. The Balaban J connectivity index is 1.54. The van der Waals surface area contributed by atoms with E-state index in [0.29, 0.717) is 29.7 Å². The maximum absolute atomic E-state index is 13.0. The van der Waals surface area contributed by atoms with Crippen LogP contribution < -0.4 is 5.32 Å². The second kappa shape index (κ2) is 8.23. The second-order valence-electron chi connectivity index (χ2n) is 9.29. The van der Waals surface area contributed by atoms with Gasteiger partial charge in [0.25, 0.3) is 5.91 Å². The summed E-state index contributed by atoms with van der Waals surface area (Å²) in [5.41, 5.74) is 4.11. The Hall–Kier alpha value is -2.05. The zero-order valence-corrected chi connectivity index (χ0v) is 19.1. The van der Waals surface area contributed by atoms with Gasteiger partial charge in [-0.15, -0.1) is 0 Å². The fourth-order valence-electron chi connectivity index (χ4n) is 4.40. The van der Waals surface area contributed by atoms with Crippen LogP contribution in [-0.4, -0.2) is 41.2 Å². The van der Waals surface area contributed by atoms with Crippen LogP contribution in [-0.2, 0) is 13.0 Å². The third-order valence-corrected chi connectivity index (χ3v) is 6.99. The highest BCUT2D eigenvalue weighted by Gasteiger charge is 2.37. The molecule has 4 rings (SSSR count). The first-order valence-corrected chi connectivity index (χ1v) is 11.8. The van der Waals surface area contributed by atoms with Gasteiger partial charge in [0.1, 0.15) is 5.76 Å². The number of ketones is 1. The maximum atomic E-state index is 13.0. The number of thioether (sulfide) groups is 1. The molecule has 0 radical (unpaired) electrons. The van der Waals surface area contributed by atoms with Crippen LogP contribution in [0, 0.1) is 19.3 Å². The zero-order valence-electron chi connectivity index (χ0n) is 18.3. The fourth-order valence-corrected chi connectivity index (χ4v) is 5.38. The maximum Gasteiger partial charge on any atom is 0.291 e. The third-order valence-electron chi connectivity index (χ3n) is 6.04. The summed E-state index contributed by atoms with van der Waals surface area (Å²) in [7, 11) is 0. The summed E-state index contributed by atoms with van der Waals surface area (Å²) in [4.78, 5) is 28.1. The smallest absolute Gasteiger partial charge is 0.291 e.